The van der Waals surface area contributed by atoms with Crippen LogP contribution in [-0.2, 0) is 0 Å². The highest BCUT2D eigenvalue weighted by molar-refractivity contribution is 4.85. The van der Waals surface area contributed by atoms with Gasteiger partial charge in [-0.05, 0) is 51.7 Å². The highest BCUT2D eigenvalue weighted by Crippen LogP contribution is 2.32. The second kappa shape index (κ2) is 5.48. The summed E-state index contributed by atoms with van der Waals surface area (Å²) in [4.78, 5) is 4.89. The van der Waals surface area contributed by atoms with Crippen LogP contribution in [0.3, 0.4) is 0 Å². The molecule has 0 amide bonds. The van der Waals surface area contributed by atoms with Gasteiger partial charge in [0.2, 0.25) is 0 Å². The van der Waals surface area contributed by atoms with Crippen LogP contribution in [0.15, 0.2) is 0 Å². The highest BCUT2D eigenvalue weighted by Gasteiger charge is 2.31. The average molecular weight is 226 g/mol. The largest absolute Gasteiger partial charge is 0.392 e. The normalized spacial score (nSPS) is 28.9. The zero-order valence-corrected chi connectivity index (χ0v) is 10.7. The number of likely N-dealkylation sites (tertiary alicyclic amines) is 1. The van der Waals surface area contributed by atoms with Crippen LogP contribution in [0.4, 0.5) is 0 Å². The summed E-state index contributed by atoms with van der Waals surface area (Å²) in [6.07, 6.45) is 5.07. The van der Waals surface area contributed by atoms with E-state index in [-0.39, 0.29) is 6.10 Å². The van der Waals surface area contributed by atoms with Gasteiger partial charge < -0.3 is 10.0 Å². The molecule has 0 aromatic rings. The fourth-order valence-corrected chi connectivity index (χ4v) is 2.90. The molecule has 0 aromatic carbocycles. The SMILES string of the molecule is CCN1CCCC1CN(C)CC(O)C1CC1. The molecule has 2 atom stereocenters. The minimum Gasteiger partial charge on any atom is -0.392 e. The van der Waals surface area contributed by atoms with E-state index in [1.807, 2.05) is 0 Å². The minimum absolute atomic E-state index is 0.0820. The van der Waals surface area contributed by atoms with Gasteiger partial charge in [-0.1, -0.05) is 6.92 Å². The second-order valence-corrected chi connectivity index (χ2v) is 5.55. The Labute approximate surface area is 99.4 Å². The first kappa shape index (κ1) is 12.3. The zero-order valence-electron chi connectivity index (χ0n) is 10.7. The molecule has 2 aliphatic rings. The molecule has 3 heteroatoms. The lowest BCUT2D eigenvalue weighted by Gasteiger charge is -2.28. The van der Waals surface area contributed by atoms with Crippen LogP contribution in [0.5, 0.6) is 0 Å². The van der Waals surface area contributed by atoms with Crippen LogP contribution in [0.25, 0.3) is 0 Å². The lowest BCUT2D eigenvalue weighted by atomic mass is 10.2. The van der Waals surface area contributed by atoms with E-state index in [4.69, 9.17) is 0 Å². The van der Waals surface area contributed by atoms with Crippen molar-refractivity contribution < 1.29 is 5.11 Å². The third kappa shape index (κ3) is 3.19. The van der Waals surface area contributed by atoms with E-state index in [1.165, 1.54) is 38.8 Å². The number of aliphatic hydroxyl groups is 1. The maximum absolute atomic E-state index is 9.90. The maximum atomic E-state index is 9.90. The summed E-state index contributed by atoms with van der Waals surface area (Å²) in [5.41, 5.74) is 0. The van der Waals surface area contributed by atoms with Gasteiger partial charge in [0.05, 0.1) is 6.10 Å². The fourth-order valence-electron chi connectivity index (χ4n) is 2.90. The Kier molecular flexibility index (Phi) is 4.22. The second-order valence-electron chi connectivity index (χ2n) is 5.55. The van der Waals surface area contributed by atoms with Crippen LogP contribution in [0, 0.1) is 5.92 Å². The number of rotatable bonds is 6. The Balaban J connectivity index is 1.70. The van der Waals surface area contributed by atoms with Gasteiger partial charge in [0, 0.05) is 19.1 Å². The smallest absolute Gasteiger partial charge is 0.0695 e. The summed E-state index contributed by atoms with van der Waals surface area (Å²) < 4.78 is 0. The molecular formula is C13H26N2O. The molecule has 0 aromatic heterocycles. The van der Waals surface area contributed by atoms with E-state index in [2.05, 4.69) is 23.8 Å². The number of hydrogen-bond acceptors (Lipinski definition) is 3. The van der Waals surface area contributed by atoms with Crippen LogP contribution in [0.1, 0.15) is 32.6 Å². The van der Waals surface area contributed by atoms with Crippen LogP contribution >= 0.6 is 0 Å². The molecule has 1 aliphatic carbocycles. The lowest BCUT2D eigenvalue weighted by Crippen LogP contribution is -2.41. The highest BCUT2D eigenvalue weighted by atomic mass is 16.3. The van der Waals surface area contributed by atoms with Gasteiger partial charge in [0.15, 0.2) is 0 Å². The van der Waals surface area contributed by atoms with Crippen molar-refractivity contribution in [2.24, 2.45) is 5.92 Å². The predicted octanol–water partition coefficient (Wildman–Crippen LogP) is 1.17. The molecule has 2 rings (SSSR count). The molecule has 2 unspecified atom stereocenters. The first-order chi connectivity index (χ1) is 7.70. The summed E-state index contributed by atoms with van der Waals surface area (Å²) >= 11 is 0. The number of hydrogen-bond donors (Lipinski definition) is 1. The zero-order chi connectivity index (χ0) is 11.5. The Morgan fingerprint density at radius 3 is 2.75 bits per heavy atom. The van der Waals surface area contributed by atoms with Crippen molar-refractivity contribution in [2.45, 2.75) is 44.8 Å². The van der Waals surface area contributed by atoms with E-state index in [1.54, 1.807) is 0 Å². The van der Waals surface area contributed by atoms with Gasteiger partial charge in [-0.3, -0.25) is 4.90 Å². The summed E-state index contributed by atoms with van der Waals surface area (Å²) in [5, 5.41) is 9.90. The van der Waals surface area contributed by atoms with Gasteiger partial charge in [0.25, 0.3) is 0 Å². The van der Waals surface area contributed by atoms with Crippen molar-refractivity contribution in [3.63, 3.8) is 0 Å². The van der Waals surface area contributed by atoms with Gasteiger partial charge in [-0.2, -0.15) is 0 Å². The summed E-state index contributed by atoms with van der Waals surface area (Å²) in [6.45, 7) is 6.66. The van der Waals surface area contributed by atoms with Crippen molar-refractivity contribution in [3.8, 4) is 0 Å². The fraction of sp³-hybridized carbons (Fsp3) is 1.00. The Bertz CT molecular complexity index is 218. The van der Waals surface area contributed by atoms with Crippen molar-refractivity contribution in [3.05, 3.63) is 0 Å². The molecule has 1 saturated heterocycles. The van der Waals surface area contributed by atoms with Gasteiger partial charge in [-0.25, -0.2) is 0 Å². The van der Waals surface area contributed by atoms with Crippen molar-refractivity contribution in [1.82, 2.24) is 9.80 Å². The quantitative estimate of drug-likeness (QED) is 0.736. The number of likely N-dealkylation sites (N-methyl/N-ethyl adjacent to an activating group) is 2. The van der Waals surface area contributed by atoms with Crippen molar-refractivity contribution >= 4 is 0 Å². The lowest BCUT2D eigenvalue weighted by molar-refractivity contribution is 0.0936. The summed E-state index contributed by atoms with van der Waals surface area (Å²) in [6, 6.07) is 0.724. The number of aliphatic hydroxyl groups excluding tert-OH is 1. The molecule has 1 N–H and O–H groups in total. The predicted molar refractivity (Wildman–Crippen MR) is 66.5 cm³/mol. The molecule has 0 radical (unpaired) electrons. The average Bonchev–Trinajstić information content (AvgIpc) is 3.00. The molecule has 0 spiro atoms. The Morgan fingerprint density at radius 2 is 2.12 bits per heavy atom. The maximum Gasteiger partial charge on any atom is 0.0695 e. The molecule has 0 bridgehead atoms. The van der Waals surface area contributed by atoms with Crippen molar-refractivity contribution in [1.29, 1.82) is 0 Å². The Morgan fingerprint density at radius 1 is 1.38 bits per heavy atom. The molecule has 16 heavy (non-hydrogen) atoms. The van der Waals surface area contributed by atoms with Crippen LogP contribution in [-0.4, -0.2) is 60.3 Å². The molecule has 1 heterocycles. The molecular weight excluding hydrogens is 200 g/mol. The van der Waals surface area contributed by atoms with E-state index in [0.717, 1.165) is 19.1 Å². The Hall–Kier alpha value is -0.120. The summed E-state index contributed by atoms with van der Waals surface area (Å²) in [7, 11) is 2.15. The van der Waals surface area contributed by atoms with E-state index >= 15 is 0 Å². The van der Waals surface area contributed by atoms with Crippen LogP contribution < -0.4 is 0 Å². The van der Waals surface area contributed by atoms with Gasteiger partial charge >= 0.3 is 0 Å². The van der Waals surface area contributed by atoms with E-state index < -0.39 is 0 Å². The molecule has 94 valence electrons. The number of nitrogens with zero attached hydrogens (tertiary/aromatic N) is 2. The minimum atomic E-state index is -0.0820. The van der Waals surface area contributed by atoms with Gasteiger partial charge in [-0.15, -0.1) is 0 Å². The standard InChI is InChI=1S/C13H26N2O/c1-3-15-8-4-5-12(15)9-14(2)10-13(16)11-6-7-11/h11-13,16H,3-10H2,1-2H3. The molecule has 1 saturated carbocycles. The molecule has 1 aliphatic heterocycles. The third-order valence-corrected chi connectivity index (χ3v) is 4.09. The van der Waals surface area contributed by atoms with E-state index in [0.29, 0.717) is 5.92 Å². The van der Waals surface area contributed by atoms with Gasteiger partial charge in [0.1, 0.15) is 0 Å². The summed E-state index contributed by atoms with van der Waals surface area (Å²) in [5.74, 6) is 0.605. The first-order valence-corrected chi connectivity index (χ1v) is 6.81. The first-order valence-electron chi connectivity index (χ1n) is 6.81. The monoisotopic (exact) mass is 226 g/mol. The third-order valence-electron chi connectivity index (χ3n) is 4.09. The topological polar surface area (TPSA) is 26.7 Å². The molecule has 3 nitrogen and oxygen atoms in total. The van der Waals surface area contributed by atoms with Crippen molar-refractivity contribution in [2.75, 3.05) is 33.2 Å². The van der Waals surface area contributed by atoms with E-state index in [9.17, 15) is 5.11 Å². The molecule has 2 fully saturated rings. The van der Waals surface area contributed by atoms with Crippen LogP contribution in [0.2, 0.25) is 0 Å².